The van der Waals surface area contributed by atoms with Crippen LogP contribution < -0.4 is 0 Å². The van der Waals surface area contributed by atoms with Gasteiger partial charge in [-0.25, -0.2) is 0 Å². The molecular formula is C10H11N. The number of rotatable bonds is 1. The van der Waals surface area contributed by atoms with Crippen molar-refractivity contribution in [1.29, 1.82) is 0 Å². The molecule has 0 fully saturated rings. The molecule has 1 nitrogen and oxygen atoms in total. The van der Waals surface area contributed by atoms with E-state index in [0.717, 1.165) is 6.42 Å². The van der Waals surface area contributed by atoms with E-state index in [1.807, 2.05) is 6.07 Å². The highest BCUT2D eigenvalue weighted by atomic mass is 14.9. The first-order chi connectivity index (χ1) is 5.36. The summed E-state index contributed by atoms with van der Waals surface area (Å²) in [6, 6.07) is 10.9. The molecular weight excluding hydrogens is 134 g/mol. The van der Waals surface area contributed by atoms with Gasteiger partial charge in [-0.15, -0.1) is 0 Å². The summed E-state index contributed by atoms with van der Waals surface area (Å²) in [5.74, 6) is 0. The van der Waals surface area contributed by atoms with Gasteiger partial charge < -0.3 is 0 Å². The molecule has 0 radical (unpaired) electrons. The van der Waals surface area contributed by atoms with Gasteiger partial charge in [0.2, 0.25) is 0 Å². The summed E-state index contributed by atoms with van der Waals surface area (Å²) in [5, 5.41) is 0. The van der Waals surface area contributed by atoms with Crippen molar-refractivity contribution in [1.82, 2.24) is 0 Å². The lowest BCUT2D eigenvalue weighted by Crippen LogP contribution is -2.21. The molecule has 0 aliphatic carbocycles. The normalized spacial score (nSPS) is 22.3. The van der Waals surface area contributed by atoms with Crippen LogP contribution in [0.25, 0.3) is 0 Å². The lowest BCUT2D eigenvalue weighted by atomic mass is 9.98. The van der Waals surface area contributed by atoms with Gasteiger partial charge in [0.25, 0.3) is 0 Å². The van der Waals surface area contributed by atoms with Crippen molar-refractivity contribution in [2.75, 3.05) is 0 Å². The summed E-state index contributed by atoms with van der Waals surface area (Å²) >= 11 is 0. The van der Waals surface area contributed by atoms with Crippen molar-refractivity contribution in [2.24, 2.45) is 4.99 Å². The smallest absolute Gasteiger partial charge is 0.0530 e. The van der Waals surface area contributed by atoms with Gasteiger partial charge in [0.15, 0.2) is 0 Å². The number of aliphatic imine (C=N–C) groups is 1. The highest BCUT2D eigenvalue weighted by Crippen LogP contribution is 2.17. The number of nitrogens with zero attached hydrogens (tertiary/aromatic N) is 1. The lowest BCUT2D eigenvalue weighted by Gasteiger charge is -2.20. The van der Waals surface area contributed by atoms with Gasteiger partial charge in [0, 0.05) is 12.1 Å². The minimum Gasteiger partial charge on any atom is -0.286 e. The van der Waals surface area contributed by atoms with E-state index >= 15 is 0 Å². The summed E-state index contributed by atoms with van der Waals surface area (Å²) in [4.78, 5) is 4.41. The number of benzene rings is 1. The molecule has 0 saturated heterocycles. The average molecular weight is 145 g/mol. The third kappa shape index (κ3) is 1.18. The maximum atomic E-state index is 4.41. The fraction of sp³-hybridized carbons (Fsp3) is 0.300. The Hall–Kier alpha value is -1.11. The molecule has 0 bridgehead atoms. The van der Waals surface area contributed by atoms with E-state index in [4.69, 9.17) is 0 Å². The van der Waals surface area contributed by atoms with Gasteiger partial charge >= 0.3 is 0 Å². The Morgan fingerprint density at radius 1 is 1.27 bits per heavy atom. The minimum atomic E-state index is 0.546. The summed E-state index contributed by atoms with van der Waals surface area (Å²) in [6.45, 7) is 2.15. The molecule has 1 aliphatic heterocycles. The maximum Gasteiger partial charge on any atom is 0.0530 e. The van der Waals surface area contributed by atoms with Crippen LogP contribution in [0.15, 0.2) is 35.3 Å². The molecule has 1 heterocycles. The van der Waals surface area contributed by atoms with E-state index in [1.165, 1.54) is 11.3 Å². The molecule has 0 aromatic heterocycles. The Morgan fingerprint density at radius 3 is 2.45 bits per heavy atom. The van der Waals surface area contributed by atoms with Crippen LogP contribution in [0.1, 0.15) is 18.9 Å². The van der Waals surface area contributed by atoms with Gasteiger partial charge in [-0.05, 0) is 12.5 Å². The van der Waals surface area contributed by atoms with Gasteiger partial charge in [0.05, 0.1) is 6.04 Å². The van der Waals surface area contributed by atoms with Gasteiger partial charge in [-0.1, -0.05) is 30.3 Å². The number of hydrogen-bond acceptors (Lipinski definition) is 1. The molecule has 0 N–H and O–H groups in total. The van der Waals surface area contributed by atoms with Crippen molar-refractivity contribution in [3.63, 3.8) is 0 Å². The molecule has 0 saturated carbocycles. The summed E-state index contributed by atoms with van der Waals surface area (Å²) in [7, 11) is 0. The van der Waals surface area contributed by atoms with Crippen LogP contribution in [0, 0.1) is 0 Å². The predicted octanol–water partition coefficient (Wildman–Crippen LogP) is 2.27. The lowest BCUT2D eigenvalue weighted by molar-refractivity contribution is 0.715. The maximum absolute atomic E-state index is 4.41. The van der Waals surface area contributed by atoms with Crippen LogP contribution in [-0.4, -0.2) is 11.8 Å². The van der Waals surface area contributed by atoms with E-state index in [1.54, 1.807) is 0 Å². The second kappa shape index (κ2) is 2.50. The standard InChI is InChI=1S/C10H11N/c1-8-7-10(11-8)9-5-3-2-4-6-9/h2-6,8H,7H2,1H3. The van der Waals surface area contributed by atoms with Gasteiger partial charge in [-0.2, -0.15) is 0 Å². The van der Waals surface area contributed by atoms with Crippen LogP contribution in [0.4, 0.5) is 0 Å². The van der Waals surface area contributed by atoms with E-state index < -0.39 is 0 Å². The molecule has 0 spiro atoms. The second-order valence-electron chi connectivity index (χ2n) is 2.99. The first kappa shape index (κ1) is 6.59. The number of hydrogen-bond donors (Lipinski definition) is 0. The summed E-state index contributed by atoms with van der Waals surface area (Å²) in [5.41, 5.74) is 2.55. The Bertz CT molecular complexity index is 274. The molecule has 1 aliphatic rings. The molecule has 1 unspecified atom stereocenters. The van der Waals surface area contributed by atoms with Crippen molar-refractivity contribution in [3.8, 4) is 0 Å². The topological polar surface area (TPSA) is 12.4 Å². The third-order valence-corrected chi connectivity index (χ3v) is 1.97. The zero-order valence-corrected chi connectivity index (χ0v) is 6.62. The molecule has 0 amide bonds. The van der Waals surface area contributed by atoms with E-state index in [2.05, 4.69) is 36.2 Å². The molecule has 1 aromatic rings. The first-order valence-electron chi connectivity index (χ1n) is 3.98. The predicted molar refractivity (Wildman–Crippen MR) is 47.1 cm³/mol. The summed E-state index contributed by atoms with van der Waals surface area (Å²) < 4.78 is 0. The highest BCUT2D eigenvalue weighted by molar-refractivity contribution is 6.03. The SMILES string of the molecule is CC1CC(c2ccccc2)=N1. The van der Waals surface area contributed by atoms with Crippen LogP contribution >= 0.6 is 0 Å². The van der Waals surface area contributed by atoms with Gasteiger partial charge in [0.1, 0.15) is 0 Å². The van der Waals surface area contributed by atoms with E-state index in [0.29, 0.717) is 6.04 Å². The first-order valence-corrected chi connectivity index (χ1v) is 3.98. The average Bonchev–Trinajstić information content (AvgIpc) is 2.01. The minimum absolute atomic E-state index is 0.546. The molecule has 56 valence electrons. The van der Waals surface area contributed by atoms with Crippen LogP contribution in [0.3, 0.4) is 0 Å². The van der Waals surface area contributed by atoms with Crippen molar-refractivity contribution >= 4 is 5.71 Å². The van der Waals surface area contributed by atoms with Crippen molar-refractivity contribution in [2.45, 2.75) is 19.4 Å². The molecule has 1 aromatic carbocycles. The third-order valence-electron chi connectivity index (χ3n) is 1.97. The molecule has 2 rings (SSSR count). The van der Waals surface area contributed by atoms with Crippen molar-refractivity contribution in [3.05, 3.63) is 35.9 Å². The van der Waals surface area contributed by atoms with Crippen molar-refractivity contribution < 1.29 is 0 Å². The Kier molecular flexibility index (Phi) is 1.50. The fourth-order valence-corrected chi connectivity index (χ4v) is 1.35. The van der Waals surface area contributed by atoms with Crippen LogP contribution in [-0.2, 0) is 0 Å². The Balaban J connectivity index is 2.26. The molecule has 11 heavy (non-hydrogen) atoms. The van der Waals surface area contributed by atoms with E-state index in [-0.39, 0.29) is 0 Å². The monoisotopic (exact) mass is 145 g/mol. The summed E-state index contributed by atoms with van der Waals surface area (Å²) in [6.07, 6.45) is 1.14. The second-order valence-corrected chi connectivity index (χ2v) is 2.99. The zero-order chi connectivity index (χ0) is 7.68. The highest BCUT2D eigenvalue weighted by Gasteiger charge is 2.16. The van der Waals surface area contributed by atoms with E-state index in [9.17, 15) is 0 Å². The zero-order valence-electron chi connectivity index (χ0n) is 6.62. The Labute approximate surface area is 66.8 Å². The van der Waals surface area contributed by atoms with Crippen LogP contribution in [0.2, 0.25) is 0 Å². The molecule has 1 heteroatoms. The van der Waals surface area contributed by atoms with Gasteiger partial charge in [-0.3, -0.25) is 4.99 Å². The molecule has 1 atom stereocenters. The Morgan fingerprint density at radius 2 is 1.91 bits per heavy atom. The largest absolute Gasteiger partial charge is 0.286 e. The van der Waals surface area contributed by atoms with Crippen LogP contribution in [0.5, 0.6) is 0 Å². The quantitative estimate of drug-likeness (QED) is 0.574. The fourth-order valence-electron chi connectivity index (χ4n) is 1.35.